The molecule has 1 nitrogen and oxygen atoms in total. The second-order valence-electron chi connectivity index (χ2n) is 11.8. The Morgan fingerprint density at radius 1 is 0.341 bits per heavy atom. The third-order valence-corrected chi connectivity index (χ3v) is 9.08. The molecule has 0 saturated heterocycles. The monoisotopic (exact) mass is 560 g/mol. The van der Waals surface area contributed by atoms with E-state index in [1.54, 1.807) is 0 Å². The van der Waals surface area contributed by atoms with Gasteiger partial charge in [-0.2, -0.15) is 0 Å². The van der Waals surface area contributed by atoms with E-state index in [1.807, 2.05) is 0 Å². The molecule has 1 heterocycles. The highest BCUT2D eigenvalue weighted by Gasteiger charge is 2.18. The molecule has 0 amide bonds. The maximum Gasteiger partial charge on any atom is 0.136 e. The molecule has 0 N–H and O–H groups in total. The molecule has 44 heavy (non-hydrogen) atoms. The van der Waals surface area contributed by atoms with Crippen molar-refractivity contribution in [3.8, 4) is 33.4 Å². The van der Waals surface area contributed by atoms with E-state index in [4.69, 9.17) is 4.42 Å². The summed E-state index contributed by atoms with van der Waals surface area (Å²) in [7, 11) is 0. The van der Waals surface area contributed by atoms with Crippen LogP contribution in [-0.2, 0) is 0 Å². The lowest BCUT2D eigenvalue weighted by Gasteiger charge is -2.18. The molecule has 0 aliphatic carbocycles. The van der Waals surface area contributed by atoms with Crippen molar-refractivity contribution in [2.75, 3.05) is 0 Å². The number of furan rings is 1. The third kappa shape index (κ3) is 3.87. The molecule has 0 spiro atoms. The quantitative estimate of drug-likeness (QED) is 0.196. The van der Waals surface area contributed by atoms with Crippen LogP contribution in [0.4, 0.5) is 0 Å². The van der Waals surface area contributed by atoms with Crippen molar-refractivity contribution >= 4 is 54.3 Å². The molecule has 1 aromatic heterocycles. The van der Waals surface area contributed by atoms with Gasteiger partial charge in [-0.25, -0.2) is 0 Å². The van der Waals surface area contributed by atoms with Crippen LogP contribution in [0.2, 0.25) is 0 Å². The van der Waals surface area contributed by atoms with Gasteiger partial charge in [0.1, 0.15) is 11.2 Å². The van der Waals surface area contributed by atoms with E-state index in [0.717, 1.165) is 27.5 Å². The number of fused-ring (bicyclic) bond motifs is 6. The Balaban J connectivity index is 1.27. The summed E-state index contributed by atoms with van der Waals surface area (Å²) in [4.78, 5) is 0. The molecule has 8 aromatic carbocycles. The SMILES string of the molecule is Cc1cccc(-c2ccc3c(c2)oc2cc(-c4c5ccccc5c(-c5ccc6ccccc6c5)c5ccccc45)ccc23)c1. The fraction of sp³-hybridized carbons (Fsp3) is 0.0233. The third-order valence-electron chi connectivity index (χ3n) is 9.08. The van der Waals surface area contributed by atoms with Crippen LogP contribution >= 0.6 is 0 Å². The molecule has 9 aromatic rings. The normalized spacial score (nSPS) is 11.8. The largest absolute Gasteiger partial charge is 0.456 e. The van der Waals surface area contributed by atoms with E-state index in [9.17, 15) is 0 Å². The van der Waals surface area contributed by atoms with Gasteiger partial charge in [0.15, 0.2) is 0 Å². The second-order valence-corrected chi connectivity index (χ2v) is 11.8. The average molecular weight is 561 g/mol. The fourth-order valence-electron chi connectivity index (χ4n) is 7.03. The first-order chi connectivity index (χ1) is 21.7. The summed E-state index contributed by atoms with van der Waals surface area (Å²) in [6.07, 6.45) is 0. The van der Waals surface area contributed by atoms with Gasteiger partial charge in [0, 0.05) is 10.8 Å². The van der Waals surface area contributed by atoms with Gasteiger partial charge in [0.25, 0.3) is 0 Å². The van der Waals surface area contributed by atoms with E-state index in [-0.39, 0.29) is 0 Å². The highest BCUT2D eigenvalue weighted by molar-refractivity contribution is 6.22. The molecule has 0 unspecified atom stereocenters. The average Bonchev–Trinajstić information content (AvgIpc) is 3.44. The van der Waals surface area contributed by atoms with Gasteiger partial charge in [-0.15, -0.1) is 0 Å². The van der Waals surface area contributed by atoms with Crippen LogP contribution in [0.1, 0.15) is 5.56 Å². The van der Waals surface area contributed by atoms with Crippen molar-refractivity contribution in [2.45, 2.75) is 6.92 Å². The van der Waals surface area contributed by atoms with Crippen molar-refractivity contribution in [3.63, 3.8) is 0 Å². The Labute approximate surface area is 255 Å². The smallest absolute Gasteiger partial charge is 0.136 e. The standard InChI is InChI=1S/C43H28O/c1-27-9-8-12-29(23-27)31-19-21-34-35-22-20-33(26-41(35)44-40(34)25-31)43-38-15-6-4-13-36(38)42(37-14-5-7-16-39(37)43)32-18-17-28-10-2-3-11-30(28)24-32/h2-26H,1H3. The van der Waals surface area contributed by atoms with Crippen molar-refractivity contribution < 1.29 is 4.42 Å². The first-order valence-electron chi connectivity index (χ1n) is 15.2. The fourth-order valence-corrected chi connectivity index (χ4v) is 7.03. The summed E-state index contributed by atoms with van der Waals surface area (Å²) in [5.74, 6) is 0. The Morgan fingerprint density at radius 2 is 0.841 bits per heavy atom. The predicted octanol–water partition coefficient (Wildman–Crippen LogP) is 12.4. The van der Waals surface area contributed by atoms with Gasteiger partial charge in [-0.1, -0.05) is 127 Å². The minimum absolute atomic E-state index is 0.908. The molecule has 0 aliphatic heterocycles. The maximum atomic E-state index is 6.57. The molecular weight excluding hydrogens is 532 g/mol. The van der Waals surface area contributed by atoms with Gasteiger partial charge in [0.05, 0.1) is 0 Å². The molecule has 206 valence electrons. The van der Waals surface area contributed by atoms with Crippen molar-refractivity contribution in [1.82, 2.24) is 0 Å². The summed E-state index contributed by atoms with van der Waals surface area (Å²) < 4.78 is 6.57. The van der Waals surface area contributed by atoms with Gasteiger partial charge in [0.2, 0.25) is 0 Å². The molecular formula is C43H28O. The molecule has 9 rings (SSSR count). The molecule has 0 fully saturated rings. The van der Waals surface area contributed by atoms with Crippen LogP contribution in [0.25, 0.3) is 87.6 Å². The van der Waals surface area contributed by atoms with E-state index in [2.05, 4.69) is 159 Å². The van der Waals surface area contributed by atoms with Crippen LogP contribution in [0.15, 0.2) is 156 Å². The first-order valence-corrected chi connectivity index (χ1v) is 15.2. The molecule has 0 bridgehead atoms. The highest BCUT2D eigenvalue weighted by Crippen LogP contribution is 2.45. The molecule has 0 saturated carbocycles. The lowest BCUT2D eigenvalue weighted by atomic mass is 9.85. The second kappa shape index (κ2) is 9.69. The Hall–Kier alpha value is -5.66. The minimum atomic E-state index is 0.908. The van der Waals surface area contributed by atoms with Crippen LogP contribution in [0, 0.1) is 6.92 Å². The van der Waals surface area contributed by atoms with Crippen molar-refractivity contribution in [3.05, 3.63) is 157 Å². The van der Waals surface area contributed by atoms with Crippen molar-refractivity contribution in [2.24, 2.45) is 0 Å². The van der Waals surface area contributed by atoms with Crippen LogP contribution < -0.4 is 0 Å². The maximum absolute atomic E-state index is 6.57. The number of aryl methyl sites for hydroxylation is 1. The number of hydrogen-bond acceptors (Lipinski definition) is 1. The Morgan fingerprint density at radius 3 is 1.48 bits per heavy atom. The molecule has 1 heteroatoms. The highest BCUT2D eigenvalue weighted by atomic mass is 16.3. The molecule has 0 radical (unpaired) electrons. The van der Waals surface area contributed by atoms with E-state index < -0.39 is 0 Å². The Kier molecular flexibility index (Phi) is 5.48. The topological polar surface area (TPSA) is 13.1 Å². The van der Waals surface area contributed by atoms with Crippen LogP contribution in [0.5, 0.6) is 0 Å². The summed E-state index contributed by atoms with van der Waals surface area (Å²) in [5.41, 5.74) is 10.4. The van der Waals surface area contributed by atoms with Crippen molar-refractivity contribution in [1.29, 1.82) is 0 Å². The van der Waals surface area contributed by atoms with Gasteiger partial charge >= 0.3 is 0 Å². The minimum Gasteiger partial charge on any atom is -0.456 e. The number of benzene rings is 8. The van der Waals surface area contributed by atoms with E-state index in [0.29, 0.717) is 0 Å². The lowest BCUT2D eigenvalue weighted by Crippen LogP contribution is -1.91. The number of hydrogen-bond donors (Lipinski definition) is 0. The zero-order valence-corrected chi connectivity index (χ0v) is 24.3. The summed E-state index contributed by atoms with van der Waals surface area (Å²) in [6, 6.07) is 55.0. The van der Waals surface area contributed by atoms with E-state index >= 15 is 0 Å². The zero-order chi connectivity index (χ0) is 29.2. The summed E-state index contributed by atoms with van der Waals surface area (Å²) in [6.45, 7) is 2.13. The van der Waals surface area contributed by atoms with E-state index in [1.165, 1.54) is 65.7 Å². The summed E-state index contributed by atoms with van der Waals surface area (Å²) >= 11 is 0. The van der Waals surface area contributed by atoms with Gasteiger partial charge < -0.3 is 4.42 Å². The van der Waals surface area contributed by atoms with Gasteiger partial charge in [-0.3, -0.25) is 0 Å². The lowest BCUT2D eigenvalue weighted by molar-refractivity contribution is 0.669. The molecule has 0 atom stereocenters. The number of rotatable bonds is 3. The van der Waals surface area contributed by atoms with Crippen LogP contribution in [-0.4, -0.2) is 0 Å². The predicted molar refractivity (Wildman–Crippen MR) is 187 cm³/mol. The Bertz CT molecular complexity index is 2510. The summed E-state index contributed by atoms with van der Waals surface area (Å²) in [5, 5.41) is 9.78. The zero-order valence-electron chi connectivity index (χ0n) is 24.3. The van der Waals surface area contributed by atoms with Crippen LogP contribution in [0.3, 0.4) is 0 Å². The molecule has 0 aliphatic rings. The van der Waals surface area contributed by atoms with Gasteiger partial charge in [-0.05, 0) is 103 Å². The first kappa shape index (κ1) is 24.9.